The third-order valence-corrected chi connectivity index (χ3v) is 4.80. The molecule has 7 heteroatoms. The Balaban J connectivity index is 2.38. The van der Waals surface area contributed by atoms with Crippen molar-refractivity contribution in [2.75, 3.05) is 0 Å². The van der Waals surface area contributed by atoms with Crippen LogP contribution in [0, 0.1) is 6.92 Å². The number of carbonyl (C=O) groups excluding carboxylic acids is 1. The Bertz CT molecular complexity index is 1200. The molecule has 0 saturated heterocycles. The van der Waals surface area contributed by atoms with Crippen molar-refractivity contribution in [2.45, 2.75) is 13.8 Å². The second kappa shape index (κ2) is 7.71. The first kappa shape index (κ1) is 20.6. The number of carbonyl (C=O) groups is 3. The predicted octanol–water partition coefficient (Wildman–Crippen LogP) is 3.69. The van der Waals surface area contributed by atoms with E-state index in [2.05, 4.69) is 0 Å². The van der Waals surface area contributed by atoms with Crippen molar-refractivity contribution in [3.05, 3.63) is 87.5 Å². The Labute approximate surface area is 171 Å². The third-order valence-electron chi connectivity index (χ3n) is 4.80. The van der Waals surface area contributed by atoms with Gasteiger partial charge in [0, 0.05) is 0 Å². The first-order valence-electron chi connectivity index (χ1n) is 8.89. The van der Waals surface area contributed by atoms with Crippen LogP contribution < -0.4 is 0 Å². The molecule has 1 aliphatic rings. The lowest BCUT2D eigenvalue weighted by Crippen LogP contribution is -2.05. The van der Waals surface area contributed by atoms with Crippen LogP contribution in [0.1, 0.15) is 44.3 Å². The van der Waals surface area contributed by atoms with Gasteiger partial charge in [0.2, 0.25) is 0 Å². The van der Waals surface area contributed by atoms with Crippen molar-refractivity contribution < 1.29 is 34.8 Å². The van der Waals surface area contributed by atoms with E-state index in [9.17, 15) is 34.8 Å². The molecule has 30 heavy (non-hydrogen) atoms. The Morgan fingerprint density at radius 3 is 2.07 bits per heavy atom. The second-order valence-corrected chi connectivity index (χ2v) is 6.89. The normalized spacial score (nSPS) is 15.0. The van der Waals surface area contributed by atoms with Crippen LogP contribution in [0.2, 0.25) is 0 Å². The molecule has 2 aromatic carbocycles. The van der Waals surface area contributed by atoms with Crippen molar-refractivity contribution in [1.29, 1.82) is 0 Å². The van der Waals surface area contributed by atoms with Gasteiger partial charge in [0.15, 0.2) is 5.78 Å². The molecular weight excluding hydrogens is 388 g/mol. The molecule has 3 rings (SSSR count). The zero-order valence-corrected chi connectivity index (χ0v) is 16.1. The highest BCUT2D eigenvalue weighted by Gasteiger charge is 2.21. The number of carboxylic acid groups (broad SMARTS) is 2. The number of ketones is 1. The van der Waals surface area contributed by atoms with Gasteiger partial charge in [-0.2, -0.15) is 0 Å². The lowest BCUT2D eigenvalue weighted by Gasteiger charge is -2.17. The molecule has 0 saturated carbocycles. The summed E-state index contributed by atoms with van der Waals surface area (Å²) in [5.41, 5.74) is 1.94. The van der Waals surface area contributed by atoms with Crippen LogP contribution in [0.5, 0.6) is 11.5 Å². The highest BCUT2D eigenvalue weighted by molar-refractivity contribution is 6.07. The topological polar surface area (TPSA) is 132 Å². The van der Waals surface area contributed by atoms with Crippen LogP contribution in [0.4, 0.5) is 0 Å². The van der Waals surface area contributed by atoms with Crippen molar-refractivity contribution in [2.24, 2.45) is 0 Å². The van der Waals surface area contributed by atoms with Crippen LogP contribution in [0.25, 0.3) is 5.57 Å². The molecule has 0 amide bonds. The van der Waals surface area contributed by atoms with Gasteiger partial charge in [-0.1, -0.05) is 12.1 Å². The summed E-state index contributed by atoms with van der Waals surface area (Å²) < 4.78 is 0. The SMILES string of the molecule is CC1=C/C(=C(\c2ccc(O)c(C(=O)O)c2)c2cc(C)c(O)c(C(=O)O)c2)C=CC1=O. The van der Waals surface area contributed by atoms with E-state index in [-0.39, 0.29) is 22.7 Å². The Morgan fingerprint density at radius 2 is 1.47 bits per heavy atom. The summed E-state index contributed by atoms with van der Waals surface area (Å²) >= 11 is 0. The number of carboxylic acids is 2. The largest absolute Gasteiger partial charge is 0.507 e. The van der Waals surface area contributed by atoms with Crippen LogP contribution in [-0.2, 0) is 4.79 Å². The number of aromatic carboxylic acids is 2. The standard InChI is InChI=1S/C23H18O7/c1-11-7-13(3-5-18(11)24)20(14-4-6-19(25)16(9-14)22(27)28)15-8-12(2)21(26)17(10-15)23(29)30/h3-10,25-26H,1-2H3,(H,27,28)(H,29,30)/b20-13+. The summed E-state index contributed by atoms with van der Waals surface area (Å²) in [6.07, 6.45) is 4.54. The van der Waals surface area contributed by atoms with Crippen molar-refractivity contribution in [3.8, 4) is 11.5 Å². The number of phenols is 2. The van der Waals surface area contributed by atoms with Gasteiger partial charge in [0.1, 0.15) is 22.6 Å². The molecule has 1 aliphatic carbocycles. The summed E-state index contributed by atoms with van der Waals surface area (Å²) in [6.45, 7) is 3.18. The third kappa shape index (κ3) is 3.73. The zero-order chi connectivity index (χ0) is 22.2. The van der Waals surface area contributed by atoms with Gasteiger partial charge < -0.3 is 20.4 Å². The summed E-state index contributed by atoms with van der Waals surface area (Å²) in [6, 6.07) is 6.87. The number of hydrogen-bond donors (Lipinski definition) is 4. The first-order valence-corrected chi connectivity index (χ1v) is 8.89. The van der Waals surface area contributed by atoms with Crippen molar-refractivity contribution >= 4 is 23.3 Å². The van der Waals surface area contributed by atoms with E-state index >= 15 is 0 Å². The second-order valence-electron chi connectivity index (χ2n) is 6.89. The summed E-state index contributed by atoms with van der Waals surface area (Å²) in [5, 5.41) is 38.8. The van der Waals surface area contributed by atoms with E-state index in [1.54, 1.807) is 32.1 Å². The van der Waals surface area contributed by atoms with Crippen LogP contribution >= 0.6 is 0 Å². The number of aryl methyl sites for hydroxylation is 1. The summed E-state index contributed by atoms with van der Waals surface area (Å²) in [4.78, 5) is 34.9. The van der Waals surface area contributed by atoms with Crippen LogP contribution in [0.15, 0.2) is 59.7 Å². The van der Waals surface area contributed by atoms with E-state index < -0.39 is 17.7 Å². The molecule has 0 atom stereocenters. The molecule has 0 unspecified atom stereocenters. The van der Waals surface area contributed by atoms with Gasteiger partial charge >= 0.3 is 11.9 Å². The molecule has 0 aromatic heterocycles. The Hall–Kier alpha value is -4.13. The number of hydrogen-bond acceptors (Lipinski definition) is 5. The lowest BCUT2D eigenvalue weighted by atomic mass is 9.87. The van der Waals surface area contributed by atoms with Gasteiger partial charge in [-0.3, -0.25) is 4.79 Å². The maximum Gasteiger partial charge on any atom is 0.339 e. The molecule has 4 N–H and O–H groups in total. The average molecular weight is 406 g/mol. The average Bonchev–Trinajstić information content (AvgIpc) is 2.68. The smallest absolute Gasteiger partial charge is 0.339 e. The molecule has 0 bridgehead atoms. The number of aromatic hydroxyl groups is 2. The fourth-order valence-electron chi connectivity index (χ4n) is 3.25. The van der Waals surface area contributed by atoms with E-state index in [4.69, 9.17) is 0 Å². The van der Waals surface area contributed by atoms with Gasteiger partial charge in [-0.25, -0.2) is 9.59 Å². The van der Waals surface area contributed by atoms with Crippen LogP contribution in [0.3, 0.4) is 0 Å². The van der Waals surface area contributed by atoms with Gasteiger partial charge in [0.25, 0.3) is 0 Å². The summed E-state index contributed by atoms with van der Waals surface area (Å²) in [5.74, 6) is -3.60. The highest BCUT2D eigenvalue weighted by atomic mass is 16.4. The Morgan fingerprint density at radius 1 is 0.833 bits per heavy atom. The first-order chi connectivity index (χ1) is 14.1. The predicted molar refractivity (Wildman–Crippen MR) is 109 cm³/mol. The number of benzene rings is 2. The lowest BCUT2D eigenvalue weighted by molar-refractivity contribution is -0.111. The maximum absolute atomic E-state index is 11.9. The molecule has 0 radical (unpaired) electrons. The minimum Gasteiger partial charge on any atom is -0.507 e. The quantitative estimate of drug-likeness (QED) is 0.609. The van der Waals surface area contributed by atoms with Crippen molar-refractivity contribution in [1.82, 2.24) is 0 Å². The molecule has 7 nitrogen and oxygen atoms in total. The van der Waals surface area contributed by atoms with E-state index in [0.29, 0.717) is 33.4 Å². The maximum atomic E-state index is 11.9. The van der Waals surface area contributed by atoms with E-state index in [0.717, 1.165) is 0 Å². The van der Waals surface area contributed by atoms with Crippen LogP contribution in [-0.4, -0.2) is 38.1 Å². The van der Waals surface area contributed by atoms with E-state index in [1.807, 2.05) is 0 Å². The Kier molecular flexibility index (Phi) is 5.29. The molecule has 0 aliphatic heterocycles. The summed E-state index contributed by atoms with van der Waals surface area (Å²) in [7, 11) is 0. The molecule has 2 aromatic rings. The molecule has 152 valence electrons. The van der Waals surface area contributed by atoms with Gasteiger partial charge in [0.05, 0.1) is 0 Å². The molecular formula is C23H18O7. The van der Waals surface area contributed by atoms with Crippen molar-refractivity contribution in [3.63, 3.8) is 0 Å². The molecule has 0 spiro atoms. The van der Waals surface area contributed by atoms with Gasteiger partial charge in [-0.15, -0.1) is 0 Å². The minimum atomic E-state index is -1.33. The minimum absolute atomic E-state index is 0.178. The number of rotatable bonds is 4. The highest BCUT2D eigenvalue weighted by Crippen LogP contribution is 2.36. The molecule has 0 heterocycles. The van der Waals surface area contributed by atoms with E-state index in [1.165, 1.54) is 30.3 Å². The molecule has 0 fully saturated rings. The fourth-order valence-corrected chi connectivity index (χ4v) is 3.25. The zero-order valence-electron chi connectivity index (χ0n) is 16.1. The van der Waals surface area contributed by atoms with Gasteiger partial charge in [-0.05, 0) is 83.7 Å². The number of allylic oxidation sites excluding steroid dienone is 5. The monoisotopic (exact) mass is 406 g/mol. The fraction of sp³-hybridized carbons (Fsp3) is 0.0870.